The van der Waals surface area contributed by atoms with E-state index in [0.29, 0.717) is 44.9 Å². The van der Waals surface area contributed by atoms with Crippen molar-refractivity contribution in [3.05, 3.63) is 86.9 Å². The van der Waals surface area contributed by atoms with Crippen LogP contribution in [0.1, 0.15) is 46.1 Å². The minimum atomic E-state index is -0.670. The van der Waals surface area contributed by atoms with Gasteiger partial charge in [0.15, 0.2) is 11.5 Å². The number of carbonyl (C=O) groups excluding carboxylic acids is 2. The van der Waals surface area contributed by atoms with E-state index in [2.05, 4.69) is 5.32 Å². The normalized spacial score (nSPS) is 11.2. The zero-order valence-electron chi connectivity index (χ0n) is 23.7. The highest BCUT2D eigenvalue weighted by Crippen LogP contribution is 2.35. The Morgan fingerprint density at radius 3 is 2.50 bits per heavy atom. The van der Waals surface area contributed by atoms with Gasteiger partial charge in [-0.05, 0) is 47.9 Å². The lowest BCUT2D eigenvalue weighted by Gasteiger charge is -2.09. The molecule has 42 heavy (non-hydrogen) atoms. The van der Waals surface area contributed by atoms with Gasteiger partial charge in [-0.25, -0.2) is 4.79 Å². The van der Waals surface area contributed by atoms with Crippen LogP contribution in [0.5, 0.6) is 11.5 Å². The molecule has 4 rings (SSSR count). The van der Waals surface area contributed by atoms with Crippen LogP contribution in [0.2, 0.25) is 5.02 Å². The minimum absolute atomic E-state index is 0.128. The number of thiophene rings is 1. The lowest BCUT2D eigenvalue weighted by Crippen LogP contribution is -2.15. The highest BCUT2D eigenvalue weighted by molar-refractivity contribution is 7.16. The zero-order chi connectivity index (χ0) is 30.4. The summed E-state index contributed by atoms with van der Waals surface area (Å²) in [6, 6.07) is 16.4. The molecule has 1 N–H and O–H groups in total. The van der Waals surface area contributed by atoms with Gasteiger partial charge in [0.25, 0.3) is 5.91 Å². The summed E-state index contributed by atoms with van der Waals surface area (Å²) in [4.78, 5) is 26.6. The van der Waals surface area contributed by atoms with E-state index in [0.717, 1.165) is 10.4 Å². The highest BCUT2D eigenvalue weighted by atomic mass is 35.5. The van der Waals surface area contributed by atoms with Gasteiger partial charge < -0.3 is 19.5 Å². The molecule has 0 unspecified atom stereocenters. The van der Waals surface area contributed by atoms with Crippen molar-refractivity contribution >= 4 is 45.9 Å². The van der Waals surface area contributed by atoms with Gasteiger partial charge in [-0.3, -0.25) is 9.48 Å². The molecule has 4 aromatic rings. The van der Waals surface area contributed by atoms with Crippen LogP contribution in [0.3, 0.4) is 0 Å². The number of hydrogen-bond acceptors (Lipinski definition) is 8. The van der Waals surface area contributed by atoms with Gasteiger partial charge in [-0.2, -0.15) is 10.4 Å². The van der Waals surface area contributed by atoms with Crippen molar-refractivity contribution in [2.45, 2.75) is 26.3 Å². The zero-order valence-corrected chi connectivity index (χ0v) is 25.3. The molecule has 1 amide bonds. The number of nitrogens with zero attached hydrogens (tertiary/aromatic N) is 3. The van der Waals surface area contributed by atoms with E-state index >= 15 is 0 Å². The average Bonchev–Trinajstić information content (AvgIpc) is 3.60. The molecule has 0 fully saturated rings. The average molecular weight is 605 g/mol. The van der Waals surface area contributed by atoms with E-state index in [1.165, 1.54) is 31.6 Å². The van der Waals surface area contributed by atoms with Gasteiger partial charge in [-0.1, -0.05) is 43.6 Å². The summed E-state index contributed by atoms with van der Waals surface area (Å²) in [5, 5.41) is 18.4. The van der Waals surface area contributed by atoms with Crippen LogP contribution in [0.15, 0.2) is 60.3 Å². The summed E-state index contributed by atoms with van der Waals surface area (Å²) >= 11 is 7.66. The van der Waals surface area contributed by atoms with E-state index in [9.17, 15) is 14.9 Å². The Morgan fingerprint density at radius 2 is 1.86 bits per heavy atom. The first-order valence-corrected chi connectivity index (χ1v) is 14.1. The fourth-order valence-corrected chi connectivity index (χ4v) is 5.40. The molecule has 0 aliphatic rings. The Hall–Kier alpha value is -4.59. The topological polar surface area (TPSA) is 115 Å². The number of anilines is 1. The molecule has 0 radical (unpaired) electrons. The smallest absolute Gasteiger partial charge is 0.340 e. The molecular formula is C31H29ClN4O5S. The summed E-state index contributed by atoms with van der Waals surface area (Å²) in [6.45, 7) is 4.32. The van der Waals surface area contributed by atoms with Crippen molar-refractivity contribution in [1.82, 2.24) is 9.78 Å². The fourth-order valence-electron chi connectivity index (χ4n) is 4.16. The summed E-state index contributed by atoms with van der Waals surface area (Å²) in [7, 11) is 4.36. The number of nitrogens with one attached hydrogen (secondary N) is 1. The number of hydrogen-bond donors (Lipinski definition) is 1. The van der Waals surface area contributed by atoms with Crippen molar-refractivity contribution in [1.29, 1.82) is 5.26 Å². The quantitative estimate of drug-likeness (QED) is 0.120. The summed E-state index contributed by atoms with van der Waals surface area (Å²) in [5.74, 6) is -0.0747. The number of aromatic nitrogens is 2. The number of esters is 1. The van der Waals surface area contributed by atoms with Crippen LogP contribution in [-0.2, 0) is 16.1 Å². The molecular weight excluding hydrogens is 576 g/mol. The maximum Gasteiger partial charge on any atom is 0.340 e. The van der Waals surface area contributed by atoms with E-state index in [-0.39, 0.29) is 17.1 Å². The Labute approximate surface area is 252 Å². The number of rotatable bonds is 10. The standard InChI is InChI=1S/C31H29ClN4O5S/c1-18(2)27-14-23(31(38)41-5)30(42-27)34-29(37)21(15-33)12-22-17-36(16-20-8-6-7-9-24(20)32)35-28(22)19-10-11-25(39-3)26(13-19)40-4/h6-14,17-18H,16H2,1-5H3,(H,34,37). The fraction of sp³-hybridized carbons (Fsp3) is 0.226. The molecule has 0 aliphatic heterocycles. The Bertz CT molecular complexity index is 1700. The molecule has 0 spiro atoms. The van der Waals surface area contributed by atoms with Crippen LogP contribution in [0.25, 0.3) is 17.3 Å². The number of halogens is 1. The van der Waals surface area contributed by atoms with Crippen molar-refractivity contribution in [3.8, 4) is 28.8 Å². The predicted molar refractivity (Wildman–Crippen MR) is 163 cm³/mol. The third kappa shape index (κ3) is 6.65. The van der Waals surface area contributed by atoms with Crippen molar-refractivity contribution in [3.63, 3.8) is 0 Å². The Balaban J connectivity index is 1.77. The second kappa shape index (κ2) is 13.4. The molecule has 2 aromatic heterocycles. The van der Waals surface area contributed by atoms with E-state index in [1.54, 1.807) is 42.3 Å². The first kappa shape index (κ1) is 30.4. The lowest BCUT2D eigenvalue weighted by atomic mass is 10.1. The SMILES string of the molecule is COC(=O)c1cc(C(C)C)sc1NC(=O)C(C#N)=Cc1cn(Cc2ccccc2Cl)nc1-c1ccc(OC)c(OC)c1. The van der Waals surface area contributed by atoms with Gasteiger partial charge in [0.1, 0.15) is 16.6 Å². The van der Waals surface area contributed by atoms with E-state index in [1.807, 2.05) is 44.2 Å². The maximum atomic E-state index is 13.3. The van der Waals surface area contributed by atoms with Crippen molar-refractivity contribution < 1.29 is 23.8 Å². The third-order valence-electron chi connectivity index (χ3n) is 6.35. The molecule has 0 aliphatic carbocycles. The van der Waals surface area contributed by atoms with Crippen molar-refractivity contribution in [2.75, 3.05) is 26.6 Å². The molecule has 0 atom stereocenters. The van der Waals surface area contributed by atoms with E-state index < -0.39 is 11.9 Å². The maximum absolute atomic E-state index is 13.3. The van der Waals surface area contributed by atoms with Crippen molar-refractivity contribution in [2.24, 2.45) is 0 Å². The van der Waals surface area contributed by atoms with Gasteiger partial charge in [0, 0.05) is 27.2 Å². The minimum Gasteiger partial charge on any atom is -0.493 e. The van der Waals surface area contributed by atoms with Crippen LogP contribution < -0.4 is 14.8 Å². The molecule has 2 heterocycles. The molecule has 216 valence electrons. The summed E-state index contributed by atoms with van der Waals surface area (Å²) < 4.78 is 17.4. The second-order valence-corrected chi connectivity index (χ2v) is 10.9. The third-order valence-corrected chi connectivity index (χ3v) is 8.07. The van der Waals surface area contributed by atoms with E-state index in [4.69, 9.17) is 30.9 Å². The largest absolute Gasteiger partial charge is 0.493 e. The Kier molecular flexibility index (Phi) is 9.68. The number of benzene rings is 2. The predicted octanol–water partition coefficient (Wildman–Crippen LogP) is 6.79. The van der Waals surface area contributed by atoms with Crippen LogP contribution >= 0.6 is 22.9 Å². The number of amides is 1. The molecule has 0 saturated carbocycles. The number of methoxy groups -OCH3 is 3. The number of carbonyl (C=O) groups is 2. The van der Waals surface area contributed by atoms with Gasteiger partial charge >= 0.3 is 5.97 Å². The molecule has 0 saturated heterocycles. The number of ether oxygens (including phenoxy) is 3. The molecule has 2 aromatic carbocycles. The van der Waals surface area contributed by atoms with Crippen LogP contribution in [0, 0.1) is 11.3 Å². The van der Waals surface area contributed by atoms with Gasteiger partial charge in [0.05, 0.1) is 39.1 Å². The Morgan fingerprint density at radius 1 is 1.12 bits per heavy atom. The first-order chi connectivity index (χ1) is 20.2. The first-order valence-electron chi connectivity index (χ1n) is 12.9. The van der Waals surface area contributed by atoms with Crippen LogP contribution in [0.4, 0.5) is 5.00 Å². The lowest BCUT2D eigenvalue weighted by molar-refractivity contribution is -0.112. The highest BCUT2D eigenvalue weighted by Gasteiger charge is 2.22. The molecule has 9 nitrogen and oxygen atoms in total. The number of nitriles is 1. The van der Waals surface area contributed by atoms with Crippen LogP contribution in [-0.4, -0.2) is 43.0 Å². The summed E-state index contributed by atoms with van der Waals surface area (Å²) in [6.07, 6.45) is 3.20. The van der Waals surface area contributed by atoms with Gasteiger partial charge in [0.2, 0.25) is 0 Å². The summed E-state index contributed by atoms with van der Waals surface area (Å²) in [5.41, 5.74) is 2.62. The second-order valence-electron chi connectivity index (χ2n) is 9.45. The monoisotopic (exact) mass is 604 g/mol. The molecule has 0 bridgehead atoms. The van der Waals surface area contributed by atoms with Gasteiger partial charge in [-0.15, -0.1) is 11.3 Å². The molecule has 11 heteroatoms.